The molecule has 0 aromatic heterocycles. The van der Waals surface area contributed by atoms with E-state index >= 15 is 0 Å². The molecule has 0 rings (SSSR count). The quantitative estimate of drug-likeness (QED) is 0.540. The second-order valence-corrected chi connectivity index (χ2v) is 7.76. The van der Waals surface area contributed by atoms with Crippen LogP contribution in [0.2, 0.25) is 0 Å². The first kappa shape index (κ1) is 8.46. The van der Waals surface area contributed by atoms with Crippen molar-refractivity contribution in [2.24, 2.45) is 0 Å². The van der Waals surface area contributed by atoms with Gasteiger partial charge in [-0.1, -0.05) is 59.0 Å². The second kappa shape index (κ2) is 3.48. The molecule has 0 saturated carbocycles. The molecule has 0 heterocycles. The highest BCUT2D eigenvalue weighted by Gasteiger charge is 2.14. The third kappa shape index (κ3) is 4.00. The Hall–Kier alpha value is 1.46. The van der Waals surface area contributed by atoms with Gasteiger partial charge in [0, 0.05) is 0 Å². The van der Waals surface area contributed by atoms with Gasteiger partial charge >= 0.3 is 0 Å². The molecule has 0 N–H and O–H groups in total. The number of rotatable bonds is 2. The molecule has 0 aromatic rings. The van der Waals surface area contributed by atoms with Crippen molar-refractivity contribution in [2.45, 2.75) is 28.1 Å². The number of halogens is 2. The predicted molar refractivity (Wildman–Crippen MR) is 51.4 cm³/mol. The highest BCUT2D eigenvalue weighted by Crippen LogP contribution is 2.34. The molecule has 0 saturated heterocycles. The van der Waals surface area contributed by atoms with E-state index < -0.39 is 0 Å². The second-order valence-electron chi connectivity index (χ2n) is 1.56. The van der Waals surface area contributed by atoms with Crippen LogP contribution >= 0.6 is 45.2 Å². The maximum atomic E-state index is 2.49. The van der Waals surface area contributed by atoms with Crippen molar-refractivity contribution in [3.05, 3.63) is 0 Å². The monoisotopic (exact) mass is 324 g/mol. The summed E-state index contributed by atoms with van der Waals surface area (Å²) >= 11 is 4.98. The van der Waals surface area contributed by atoms with Crippen molar-refractivity contribution in [3.8, 4) is 0 Å². The SMILES string of the molecule is CCC(I)(I)CC. The Bertz CT molecular complexity index is 44.0. The maximum Gasteiger partial charge on any atom is 0.0729 e. The Balaban J connectivity index is 3.36. The number of hydrogen-bond donors (Lipinski definition) is 0. The summed E-state index contributed by atoms with van der Waals surface area (Å²) in [6, 6.07) is 0. The third-order valence-electron chi connectivity index (χ3n) is 1.03. The van der Waals surface area contributed by atoms with Crippen LogP contribution in [0.15, 0.2) is 0 Å². The molecule has 2 heteroatoms. The minimum Gasteiger partial charge on any atom is -0.0672 e. The first-order chi connectivity index (χ1) is 3.12. The largest absolute Gasteiger partial charge is 0.0729 e. The van der Waals surface area contributed by atoms with Crippen LogP contribution in [-0.4, -0.2) is 1.43 Å². The lowest BCUT2D eigenvalue weighted by atomic mass is 10.3. The highest BCUT2D eigenvalue weighted by atomic mass is 127. The van der Waals surface area contributed by atoms with Gasteiger partial charge in [-0.25, -0.2) is 0 Å². The molecule has 0 radical (unpaired) electrons. The molecular formula is C5H10I2. The predicted octanol–water partition coefficient (Wildman–Crippen LogP) is 3.37. The summed E-state index contributed by atoms with van der Waals surface area (Å²) in [4.78, 5) is 0. The van der Waals surface area contributed by atoms with Crippen LogP contribution in [-0.2, 0) is 0 Å². The lowest BCUT2D eigenvalue weighted by Gasteiger charge is -2.13. The first-order valence-electron chi connectivity index (χ1n) is 2.50. The highest BCUT2D eigenvalue weighted by molar-refractivity contribution is 14.2. The van der Waals surface area contributed by atoms with Crippen molar-refractivity contribution in [3.63, 3.8) is 0 Å². The average molecular weight is 324 g/mol. The van der Waals surface area contributed by atoms with Gasteiger partial charge in [0.2, 0.25) is 0 Å². The molecule has 0 spiro atoms. The molecule has 0 unspecified atom stereocenters. The Morgan fingerprint density at radius 2 is 1.43 bits per heavy atom. The lowest BCUT2D eigenvalue weighted by molar-refractivity contribution is 0.797. The van der Waals surface area contributed by atoms with Crippen molar-refractivity contribution < 1.29 is 0 Å². The van der Waals surface area contributed by atoms with Gasteiger partial charge in [0.25, 0.3) is 0 Å². The Kier molecular flexibility index (Phi) is 4.20. The molecule has 0 fully saturated rings. The smallest absolute Gasteiger partial charge is 0.0672 e. The molecular weight excluding hydrogens is 314 g/mol. The van der Waals surface area contributed by atoms with Gasteiger partial charge in [-0.3, -0.25) is 0 Å². The normalized spacial score (nSPS) is 12.0. The van der Waals surface area contributed by atoms with E-state index in [1.54, 1.807) is 0 Å². The van der Waals surface area contributed by atoms with Gasteiger partial charge in [0.05, 0.1) is 1.43 Å². The fourth-order valence-electron chi connectivity index (χ4n) is 0.250. The first-order valence-corrected chi connectivity index (χ1v) is 4.66. The molecule has 0 aliphatic rings. The van der Waals surface area contributed by atoms with E-state index in [4.69, 9.17) is 0 Å². The van der Waals surface area contributed by atoms with Gasteiger partial charge in [0.15, 0.2) is 0 Å². The van der Waals surface area contributed by atoms with Gasteiger partial charge in [-0.15, -0.1) is 0 Å². The minimum atomic E-state index is 0.523. The van der Waals surface area contributed by atoms with Crippen LogP contribution in [0.3, 0.4) is 0 Å². The molecule has 0 bridgehead atoms. The van der Waals surface area contributed by atoms with E-state index in [2.05, 4.69) is 59.0 Å². The zero-order valence-corrected chi connectivity index (χ0v) is 8.99. The Labute approximate surface area is 72.7 Å². The molecule has 0 aromatic carbocycles. The molecule has 44 valence electrons. The molecule has 0 aliphatic carbocycles. The van der Waals surface area contributed by atoms with Gasteiger partial charge in [-0.05, 0) is 12.8 Å². The van der Waals surface area contributed by atoms with E-state index in [0.717, 1.165) is 0 Å². The topological polar surface area (TPSA) is 0 Å². The summed E-state index contributed by atoms with van der Waals surface area (Å²) in [5, 5.41) is 0. The zero-order chi connectivity index (χ0) is 5.91. The van der Waals surface area contributed by atoms with E-state index in [-0.39, 0.29) is 0 Å². The van der Waals surface area contributed by atoms with Crippen LogP contribution < -0.4 is 0 Å². The van der Waals surface area contributed by atoms with E-state index in [0.29, 0.717) is 1.43 Å². The van der Waals surface area contributed by atoms with E-state index in [1.807, 2.05) is 0 Å². The number of hydrogen-bond acceptors (Lipinski definition) is 0. The minimum absolute atomic E-state index is 0.523. The summed E-state index contributed by atoms with van der Waals surface area (Å²) < 4.78 is 0.523. The molecule has 0 atom stereocenters. The summed E-state index contributed by atoms with van der Waals surface area (Å²) in [6.45, 7) is 4.45. The van der Waals surface area contributed by atoms with Crippen molar-refractivity contribution in [1.82, 2.24) is 0 Å². The fraction of sp³-hybridized carbons (Fsp3) is 1.00. The molecule has 0 nitrogen and oxygen atoms in total. The van der Waals surface area contributed by atoms with Crippen molar-refractivity contribution in [1.29, 1.82) is 0 Å². The van der Waals surface area contributed by atoms with Crippen LogP contribution in [0.4, 0.5) is 0 Å². The summed E-state index contributed by atoms with van der Waals surface area (Å²) in [6.07, 6.45) is 2.54. The van der Waals surface area contributed by atoms with Gasteiger partial charge < -0.3 is 0 Å². The number of alkyl halides is 2. The third-order valence-corrected chi connectivity index (χ3v) is 4.09. The zero-order valence-electron chi connectivity index (χ0n) is 4.67. The molecule has 0 aliphatic heterocycles. The van der Waals surface area contributed by atoms with E-state index in [1.165, 1.54) is 12.8 Å². The lowest BCUT2D eigenvalue weighted by Crippen LogP contribution is -2.04. The van der Waals surface area contributed by atoms with Crippen LogP contribution in [0, 0.1) is 0 Å². The van der Waals surface area contributed by atoms with Crippen molar-refractivity contribution >= 4 is 45.2 Å². The average Bonchev–Trinajstić information content (AvgIpc) is 1.68. The molecule has 7 heavy (non-hydrogen) atoms. The molecule has 0 amide bonds. The van der Waals surface area contributed by atoms with Gasteiger partial charge in [-0.2, -0.15) is 0 Å². The summed E-state index contributed by atoms with van der Waals surface area (Å²) in [5.41, 5.74) is 0. The van der Waals surface area contributed by atoms with Crippen LogP contribution in [0.5, 0.6) is 0 Å². The Morgan fingerprint density at radius 1 is 1.14 bits per heavy atom. The van der Waals surface area contributed by atoms with E-state index in [9.17, 15) is 0 Å². The summed E-state index contributed by atoms with van der Waals surface area (Å²) in [7, 11) is 0. The van der Waals surface area contributed by atoms with Crippen LogP contribution in [0.25, 0.3) is 0 Å². The standard InChI is InChI=1S/C5H10I2/c1-3-5(6,7)4-2/h3-4H2,1-2H3. The van der Waals surface area contributed by atoms with Crippen LogP contribution in [0.1, 0.15) is 26.7 Å². The summed E-state index contributed by atoms with van der Waals surface area (Å²) in [5.74, 6) is 0. The Morgan fingerprint density at radius 3 is 1.43 bits per heavy atom. The van der Waals surface area contributed by atoms with Gasteiger partial charge in [0.1, 0.15) is 0 Å². The fourth-order valence-corrected chi connectivity index (χ4v) is 0.250. The maximum absolute atomic E-state index is 2.49. The van der Waals surface area contributed by atoms with Crippen molar-refractivity contribution in [2.75, 3.05) is 0 Å².